The molecule has 1 aliphatic carbocycles. The fraction of sp³-hybridized carbons (Fsp3) is 0.545. The van der Waals surface area contributed by atoms with Gasteiger partial charge in [-0.2, -0.15) is 0 Å². The van der Waals surface area contributed by atoms with Gasteiger partial charge in [-0.3, -0.25) is 4.79 Å². The third-order valence-electron chi connectivity index (χ3n) is 2.95. The average Bonchev–Trinajstić information content (AvgIpc) is 2.49. The van der Waals surface area contributed by atoms with Gasteiger partial charge in [0.2, 0.25) is 0 Å². The van der Waals surface area contributed by atoms with Crippen LogP contribution in [0.1, 0.15) is 35.5 Å². The van der Waals surface area contributed by atoms with Crippen molar-refractivity contribution < 1.29 is 4.79 Å². The molecule has 0 radical (unpaired) electrons. The zero-order valence-electron chi connectivity index (χ0n) is 8.26. The zero-order chi connectivity index (χ0) is 9.64. The minimum absolute atomic E-state index is 0.255. The summed E-state index contributed by atoms with van der Waals surface area (Å²) < 4.78 is 0. The van der Waals surface area contributed by atoms with Crippen LogP contribution in [0.15, 0.2) is 11.4 Å². The number of hydrogen-bond acceptors (Lipinski definition) is 2. The van der Waals surface area contributed by atoms with Crippen molar-refractivity contribution >= 4 is 17.1 Å². The van der Waals surface area contributed by atoms with E-state index in [0.717, 1.165) is 16.9 Å². The van der Waals surface area contributed by atoms with E-state index in [-0.39, 0.29) is 11.3 Å². The van der Waals surface area contributed by atoms with Gasteiger partial charge in [-0.15, -0.1) is 11.3 Å². The smallest absolute Gasteiger partial charge is 0.167 e. The molecule has 2 heteroatoms. The average molecular weight is 194 g/mol. The van der Waals surface area contributed by atoms with Crippen molar-refractivity contribution in [1.29, 1.82) is 0 Å². The molecule has 0 aromatic carbocycles. The molecule has 1 unspecified atom stereocenters. The molecule has 1 aromatic rings. The fourth-order valence-electron chi connectivity index (χ4n) is 1.74. The standard InChI is InChI=1S/C11H14OS/c1-7-8(4-5-13-7)10(12)9-6-11(9,2)3/h4-5,9H,6H2,1-3H3. The number of carbonyl (C=O) groups is 1. The van der Waals surface area contributed by atoms with E-state index in [4.69, 9.17) is 0 Å². The van der Waals surface area contributed by atoms with Crippen LogP contribution < -0.4 is 0 Å². The number of thiophene rings is 1. The van der Waals surface area contributed by atoms with Gasteiger partial charge in [-0.25, -0.2) is 0 Å². The highest BCUT2D eigenvalue weighted by Crippen LogP contribution is 2.53. The Morgan fingerprint density at radius 3 is 2.62 bits per heavy atom. The molecule has 1 aliphatic rings. The predicted octanol–water partition coefficient (Wildman–Crippen LogP) is 3.29. The highest BCUT2D eigenvalue weighted by Gasteiger charge is 2.50. The highest BCUT2D eigenvalue weighted by atomic mass is 32.1. The first-order valence-electron chi connectivity index (χ1n) is 4.61. The highest BCUT2D eigenvalue weighted by molar-refractivity contribution is 7.10. The number of carbonyl (C=O) groups excluding carboxylic acids is 1. The van der Waals surface area contributed by atoms with Crippen LogP contribution in [-0.4, -0.2) is 5.78 Å². The predicted molar refractivity (Wildman–Crippen MR) is 55.3 cm³/mol. The Kier molecular flexibility index (Phi) is 1.84. The van der Waals surface area contributed by atoms with Crippen molar-refractivity contribution in [2.75, 3.05) is 0 Å². The van der Waals surface area contributed by atoms with Gasteiger partial charge < -0.3 is 0 Å². The molecule has 0 amide bonds. The Morgan fingerprint density at radius 1 is 1.62 bits per heavy atom. The topological polar surface area (TPSA) is 17.1 Å². The third-order valence-corrected chi connectivity index (χ3v) is 3.80. The molecule has 1 atom stereocenters. The van der Waals surface area contributed by atoms with Crippen LogP contribution in [0.4, 0.5) is 0 Å². The normalized spacial score (nSPS) is 24.4. The van der Waals surface area contributed by atoms with E-state index in [1.807, 2.05) is 18.4 Å². The summed E-state index contributed by atoms with van der Waals surface area (Å²) in [4.78, 5) is 13.1. The molecule has 0 saturated heterocycles. The largest absolute Gasteiger partial charge is 0.294 e. The first kappa shape index (κ1) is 8.95. The van der Waals surface area contributed by atoms with Crippen molar-refractivity contribution in [1.82, 2.24) is 0 Å². The molecular weight excluding hydrogens is 180 g/mol. The van der Waals surface area contributed by atoms with Crippen LogP contribution in [0, 0.1) is 18.3 Å². The maximum atomic E-state index is 11.9. The maximum absolute atomic E-state index is 11.9. The number of hydrogen-bond donors (Lipinski definition) is 0. The van der Waals surface area contributed by atoms with Crippen molar-refractivity contribution in [3.05, 3.63) is 21.9 Å². The van der Waals surface area contributed by atoms with E-state index < -0.39 is 0 Å². The molecule has 0 spiro atoms. The van der Waals surface area contributed by atoms with E-state index >= 15 is 0 Å². The molecule has 2 rings (SSSR count). The summed E-state index contributed by atoms with van der Waals surface area (Å²) in [6.07, 6.45) is 1.06. The third kappa shape index (κ3) is 1.44. The second-order valence-electron chi connectivity index (χ2n) is 4.50. The van der Waals surface area contributed by atoms with Gasteiger partial charge in [0.15, 0.2) is 5.78 Å². The summed E-state index contributed by atoms with van der Waals surface area (Å²) >= 11 is 1.66. The molecular formula is C11H14OS. The molecule has 1 nitrogen and oxygen atoms in total. The molecule has 13 heavy (non-hydrogen) atoms. The lowest BCUT2D eigenvalue weighted by atomic mass is 10.0. The fourth-order valence-corrected chi connectivity index (χ4v) is 2.45. The van der Waals surface area contributed by atoms with Crippen LogP contribution in [0.25, 0.3) is 0 Å². The van der Waals surface area contributed by atoms with Crippen LogP contribution in [-0.2, 0) is 0 Å². The van der Waals surface area contributed by atoms with E-state index in [0.29, 0.717) is 5.78 Å². The van der Waals surface area contributed by atoms with Gasteiger partial charge in [-0.05, 0) is 30.2 Å². The minimum atomic E-state index is 0.255. The molecule has 1 heterocycles. The molecule has 0 aliphatic heterocycles. The van der Waals surface area contributed by atoms with Crippen LogP contribution in [0.3, 0.4) is 0 Å². The Labute approximate surface area is 82.8 Å². The second kappa shape index (κ2) is 2.68. The molecule has 1 saturated carbocycles. The number of aryl methyl sites for hydroxylation is 1. The van der Waals surface area contributed by atoms with E-state index in [1.54, 1.807) is 11.3 Å². The first-order chi connectivity index (χ1) is 6.02. The zero-order valence-corrected chi connectivity index (χ0v) is 9.07. The number of ketones is 1. The lowest BCUT2D eigenvalue weighted by Crippen LogP contribution is -2.06. The lowest BCUT2D eigenvalue weighted by Gasteiger charge is -2.01. The van der Waals surface area contributed by atoms with Crippen molar-refractivity contribution in [3.8, 4) is 0 Å². The van der Waals surface area contributed by atoms with Crippen LogP contribution in [0.5, 0.6) is 0 Å². The summed E-state index contributed by atoms with van der Waals surface area (Å²) in [6, 6.07) is 1.96. The van der Waals surface area contributed by atoms with Crippen LogP contribution in [0.2, 0.25) is 0 Å². The van der Waals surface area contributed by atoms with E-state index in [9.17, 15) is 4.79 Å². The lowest BCUT2D eigenvalue weighted by molar-refractivity contribution is 0.0953. The molecule has 70 valence electrons. The molecule has 1 fully saturated rings. The summed E-state index contributed by atoms with van der Waals surface area (Å²) in [5.74, 6) is 0.629. The molecule has 1 aromatic heterocycles. The number of rotatable bonds is 2. The van der Waals surface area contributed by atoms with Crippen molar-refractivity contribution in [3.63, 3.8) is 0 Å². The maximum Gasteiger partial charge on any atom is 0.167 e. The Morgan fingerprint density at radius 2 is 2.23 bits per heavy atom. The Balaban J connectivity index is 2.21. The molecule has 0 bridgehead atoms. The van der Waals surface area contributed by atoms with Gasteiger partial charge in [-0.1, -0.05) is 13.8 Å². The Bertz CT molecular complexity index is 349. The summed E-state index contributed by atoms with van der Waals surface area (Å²) in [5.41, 5.74) is 1.20. The van der Waals surface area contributed by atoms with Crippen molar-refractivity contribution in [2.45, 2.75) is 27.2 Å². The SMILES string of the molecule is Cc1sccc1C(=O)C1CC1(C)C. The van der Waals surface area contributed by atoms with Gasteiger partial charge >= 0.3 is 0 Å². The summed E-state index contributed by atoms with van der Waals surface area (Å²) in [6.45, 7) is 6.35. The minimum Gasteiger partial charge on any atom is -0.294 e. The second-order valence-corrected chi connectivity index (χ2v) is 5.62. The van der Waals surface area contributed by atoms with E-state index in [1.165, 1.54) is 0 Å². The first-order valence-corrected chi connectivity index (χ1v) is 5.48. The quantitative estimate of drug-likeness (QED) is 0.660. The van der Waals surface area contributed by atoms with Gasteiger partial charge in [0.05, 0.1) is 0 Å². The van der Waals surface area contributed by atoms with Crippen molar-refractivity contribution in [2.24, 2.45) is 11.3 Å². The summed E-state index contributed by atoms with van der Waals surface area (Å²) in [7, 11) is 0. The van der Waals surface area contributed by atoms with E-state index in [2.05, 4.69) is 13.8 Å². The van der Waals surface area contributed by atoms with Crippen LogP contribution >= 0.6 is 11.3 Å². The number of Topliss-reactive ketones (excluding diaryl/α,β-unsaturated/α-hetero) is 1. The Hall–Kier alpha value is -0.630. The molecule has 0 N–H and O–H groups in total. The van der Waals surface area contributed by atoms with Gasteiger partial charge in [0, 0.05) is 16.4 Å². The summed E-state index contributed by atoms with van der Waals surface area (Å²) in [5, 5.41) is 2.00. The van der Waals surface area contributed by atoms with Gasteiger partial charge in [0.1, 0.15) is 0 Å². The monoisotopic (exact) mass is 194 g/mol. The van der Waals surface area contributed by atoms with Gasteiger partial charge in [0.25, 0.3) is 0 Å².